The first-order valence-electron chi connectivity index (χ1n) is 9.25. The fraction of sp³-hybridized carbons (Fsp3) is 0.0435. The van der Waals surface area contributed by atoms with E-state index in [4.69, 9.17) is 0 Å². The van der Waals surface area contributed by atoms with E-state index in [1.165, 1.54) is 17.0 Å². The van der Waals surface area contributed by atoms with Crippen molar-refractivity contribution in [3.05, 3.63) is 112 Å². The Bertz CT molecular complexity index is 1300. The lowest BCUT2D eigenvalue weighted by Crippen LogP contribution is -2.29. The average Bonchev–Trinajstić information content (AvgIpc) is 2.77. The highest BCUT2D eigenvalue weighted by Crippen LogP contribution is 2.14. The number of rotatable bonds is 5. The van der Waals surface area contributed by atoms with Crippen LogP contribution in [0.5, 0.6) is 0 Å². The maximum absolute atomic E-state index is 13.7. The number of benzene rings is 3. The molecule has 4 aromatic rings. The van der Waals surface area contributed by atoms with Gasteiger partial charge in [0.05, 0.1) is 18.1 Å². The lowest BCUT2D eigenvalue weighted by molar-refractivity contribution is 0.0949. The van der Waals surface area contributed by atoms with Crippen molar-refractivity contribution in [3.63, 3.8) is 0 Å². The van der Waals surface area contributed by atoms with Gasteiger partial charge in [0.25, 0.3) is 11.5 Å². The van der Waals surface area contributed by atoms with Gasteiger partial charge in [-0.3, -0.25) is 9.59 Å². The number of hydrogen-bond acceptors (Lipinski definition) is 4. The van der Waals surface area contributed by atoms with Crippen molar-refractivity contribution in [2.24, 2.45) is 5.10 Å². The lowest BCUT2D eigenvalue weighted by atomic mass is 10.1. The first-order valence-corrected chi connectivity index (χ1v) is 9.25. The highest BCUT2D eigenvalue weighted by Gasteiger charge is 2.16. The van der Waals surface area contributed by atoms with E-state index in [9.17, 15) is 14.0 Å². The molecule has 0 aliphatic rings. The summed E-state index contributed by atoms with van der Waals surface area (Å²) in [6.45, 7) is 0.225. The fourth-order valence-corrected chi connectivity index (χ4v) is 3.06. The molecule has 1 N–H and O–H groups in total. The molecular formula is C23H17FN4O2. The molecule has 0 bridgehead atoms. The largest absolute Gasteiger partial charge is 0.292 e. The van der Waals surface area contributed by atoms with E-state index in [0.29, 0.717) is 10.8 Å². The number of amides is 1. The summed E-state index contributed by atoms with van der Waals surface area (Å²) >= 11 is 0. The maximum Gasteiger partial charge on any atom is 0.292 e. The van der Waals surface area contributed by atoms with Crippen molar-refractivity contribution in [2.75, 3.05) is 0 Å². The molecule has 148 valence electrons. The molecule has 1 amide bonds. The molecule has 0 aliphatic heterocycles. The second-order valence-corrected chi connectivity index (χ2v) is 6.56. The minimum Gasteiger partial charge on any atom is -0.267 e. The van der Waals surface area contributed by atoms with E-state index in [2.05, 4.69) is 15.6 Å². The Morgan fingerprint density at radius 3 is 2.40 bits per heavy atom. The van der Waals surface area contributed by atoms with Gasteiger partial charge in [0.2, 0.25) is 0 Å². The predicted molar refractivity (Wildman–Crippen MR) is 113 cm³/mol. The number of hydrazone groups is 1. The Morgan fingerprint density at radius 1 is 0.967 bits per heavy atom. The molecule has 3 aromatic carbocycles. The first-order chi connectivity index (χ1) is 14.6. The predicted octanol–water partition coefficient (Wildman–Crippen LogP) is 3.35. The zero-order chi connectivity index (χ0) is 20.9. The molecule has 7 heteroatoms. The molecule has 0 saturated carbocycles. The second-order valence-electron chi connectivity index (χ2n) is 6.56. The molecule has 1 heterocycles. The summed E-state index contributed by atoms with van der Waals surface area (Å²) in [6.07, 6.45) is 1.22. The Hall–Kier alpha value is -4.13. The van der Waals surface area contributed by atoms with Crippen molar-refractivity contribution < 1.29 is 9.18 Å². The van der Waals surface area contributed by atoms with Gasteiger partial charge in [-0.2, -0.15) is 10.2 Å². The summed E-state index contributed by atoms with van der Waals surface area (Å²) in [5.41, 5.74) is 3.26. The van der Waals surface area contributed by atoms with Crippen LogP contribution in [0, 0.1) is 5.82 Å². The molecule has 30 heavy (non-hydrogen) atoms. The van der Waals surface area contributed by atoms with Crippen LogP contribution in [0.2, 0.25) is 0 Å². The van der Waals surface area contributed by atoms with Gasteiger partial charge in [0.1, 0.15) is 5.82 Å². The molecule has 0 fully saturated rings. The van der Waals surface area contributed by atoms with Crippen LogP contribution in [0.15, 0.2) is 88.8 Å². The fourth-order valence-electron chi connectivity index (χ4n) is 3.06. The monoisotopic (exact) mass is 400 g/mol. The van der Waals surface area contributed by atoms with E-state index in [1.54, 1.807) is 42.5 Å². The zero-order valence-electron chi connectivity index (χ0n) is 15.8. The molecule has 6 nitrogen and oxygen atoms in total. The van der Waals surface area contributed by atoms with Gasteiger partial charge in [-0.25, -0.2) is 14.5 Å². The number of carbonyl (C=O) groups excluding carboxylic acids is 1. The standard InChI is InChI=1S/C23H17FN4O2/c24-20-13-7-4-10-17(20)14-25-26-22(29)21-18-11-5-6-12-19(18)23(30)28(27-21)15-16-8-2-1-3-9-16/h1-14H,15H2,(H,26,29)/b25-14+. The molecule has 0 unspecified atom stereocenters. The lowest BCUT2D eigenvalue weighted by Gasteiger charge is -2.10. The van der Waals surface area contributed by atoms with Gasteiger partial charge >= 0.3 is 0 Å². The highest BCUT2D eigenvalue weighted by atomic mass is 19.1. The van der Waals surface area contributed by atoms with Gasteiger partial charge in [0.15, 0.2) is 5.69 Å². The van der Waals surface area contributed by atoms with Gasteiger partial charge in [-0.05, 0) is 17.7 Å². The minimum atomic E-state index is -0.597. The van der Waals surface area contributed by atoms with Crippen LogP contribution < -0.4 is 11.0 Å². The summed E-state index contributed by atoms with van der Waals surface area (Å²) in [6, 6.07) is 22.2. The normalized spacial score (nSPS) is 11.1. The van der Waals surface area contributed by atoms with Crippen molar-refractivity contribution in [1.29, 1.82) is 0 Å². The van der Waals surface area contributed by atoms with E-state index in [-0.39, 0.29) is 23.4 Å². The van der Waals surface area contributed by atoms with Crippen molar-refractivity contribution in [3.8, 4) is 0 Å². The molecular weight excluding hydrogens is 383 g/mol. The average molecular weight is 400 g/mol. The molecule has 4 rings (SSSR count). The number of nitrogens with zero attached hydrogens (tertiary/aromatic N) is 3. The molecule has 0 atom stereocenters. The number of carbonyl (C=O) groups is 1. The van der Waals surface area contributed by atoms with Crippen molar-refractivity contribution in [2.45, 2.75) is 6.54 Å². The van der Waals surface area contributed by atoms with Gasteiger partial charge in [0, 0.05) is 10.9 Å². The van der Waals surface area contributed by atoms with Crippen molar-refractivity contribution in [1.82, 2.24) is 15.2 Å². The molecule has 0 radical (unpaired) electrons. The molecule has 1 aromatic heterocycles. The number of nitrogens with one attached hydrogen (secondary N) is 1. The quantitative estimate of drug-likeness (QED) is 0.412. The van der Waals surface area contributed by atoms with Crippen LogP contribution in [-0.2, 0) is 6.54 Å². The van der Waals surface area contributed by atoms with Crippen LogP contribution in [0.1, 0.15) is 21.6 Å². The van der Waals surface area contributed by atoms with E-state index >= 15 is 0 Å². The van der Waals surface area contributed by atoms with Crippen LogP contribution in [0.3, 0.4) is 0 Å². The topological polar surface area (TPSA) is 76.3 Å². The van der Waals surface area contributed by atoms with Crippen LogP contribution >= 0.6 is 0 Å². The number of aromatic nitrogens is 2. The Morgan fingerprint density at radius 2 is 1.63 bits per heavy atom. The van der Waals surface area contributed by atoms with Crippen LogP contribution in [-0.4, -0.2) is 21.9 Å². The van der Waals surface area contributed by atoms with Crippen molar-refractivity contribution >= 4 is 22.9 Å². The summed E-state index contributed by atoms with van der Waals surface area (Å²) in [5.74, 6) is -1.05. The van der Waals surface area contributed by atoms with Gasteiger partial charge in [-0.1, -0.05) is 66.7 Å². The SMILES string of the molecule is O=C(N/N=C/c1ccccc1F)c1nn(Cc2ccccc2)c(=O)c2ccccc12. The van der Waals surface area contributed by atoms with Crippen LogP contribution in [0.25, 0.3) is 10.8 Å². The number of hydrogen-bond donors (Lipinski definition) is 1. The molecule has 0 spiro atoms. The Kier molecular flexibility index (Phi) is 5.43. The Balaban J connectivity index is 1.68. The molecule has 0 saturated heterocycles. The van der Waals surface area contributed by atoms with E-state index < -0.39 is 11.7 Å². The first kappa shape index (κ1) is 19.2. The summed E-state index contributed by atoms with van der Waals surface area (Å²) in [7, 11) is 0. The number of halogens is 1. The third-order valence-electron chi connectivity index (χ3n) is 4.53. The van der Waals surface area contributed by atoms with E-state index in [0.717, 1.165) is 5.56 Å². The zero-order valence-corrected chi connectivity index (χ0v) is 15.8. The van der Waals surface area contributed by atoms with E-state index in [1.807, 2.05) is 30.3 Å². The smallest absolute Gasteiger partial charge is 0.267 e. The third kappa shape index (κ3) is 4.00. The van der Waals surface area contributed by atoms with Crippen LogP contribution in [0.4, 0.5) is 4.39 Å². The summed E-state index contributed by atoms with van der Waals surface area (Å²) in [4.78, 5) is 25.6. The van der Waals surface area contributed by atoms with Gasteiger partial charge < -0.3 is 0 Å². The van der Waals surface area contributed by atoms with Gasteiger partial charge in [-0.15, -0.1) is 0 Å². The third-order valence-corrected chi connectivity index (χ3v) is 4.53. The second kappa shape index (κ2) is 8.48. The minimum absolute atomic E-state index is 0.0619. The molecule has 0 aliphatic carbocycles. The summed E-state index contributed by atoms with van der Waals surface area (Å²) in [5, 5.41) is 8.92. The maximum atomic E-state index is 13.7. The Labute approximate surface area is 171 Å². The number of fused-ring (bicyclic) bond motifs is 1. The highest BCUT2D eigenvalue weighted by molar-refractivity contribution is 6.04. The summed E-state index contributed by atoms with van der Waals surface area (Å²) < 4.78 is 15.0.